The van der Waals surface area contributed by atoms with Gasteiger partial charge in [-0.3, -0.25) is 10.1 Å². The number of fused-ring (bicyclic) bond motifs is 1. The number of nitro groups is 1. The summed E-state index contributed by atoms with van der Waals surface area (Å²) in [7, 11) is 1.25. The number of hydrogen-bond donors (Lipinski definition) is 2. The molecule has 0 aliphatic carbocycles. The summed E-state index contributed by atoms with van der Waals surface area (Å²) >= 11 is 0. The Bertz CT molecular complexity index is 1150. The van der Waals surface area contributed by atoms with E-state index in [0.717, 1.165) is 5.56 Å². The van der Waals surface area contributed by atoms with E-state index in [1.165, 1.54) is 13.4 Å². The van der Waals surface area contributed by atoms with Gasteiger partial charge < -0.3 is 24.8 Å². The number of anilines is 3. The predicted octanol–water partition coefficient (Wildman–Crippen LogP) is 3.26. The summed E-state index contributed by atoms with van der Waals surface area (Å²) in [5.74, 6) is 0.631. The highest BCUT2D eigenvalue weighted by atomic mass is 16.7. The van der Waals surface area contributed by atoms with Crippen LogP contribution in [-0.2, 0) is 11.3 Å². The minimum absolute atomic E-state index is 0.0238. The Hall–Kier alpha value is -4.41. The number of methoxy groups -OCH3 is 1. The van der Waals surface area contributed by atoms with E-state index in [1.54, 1.807) is 36.4 Å². The van der Waals surface area contributed by atoms with Crippen molar-refractivity contribution in [3.63, 3.8) is 0 Å². The largest absolute Gasteiger partial charge is 0.465 e. The van der Waals surface area contributed by atoms with Crippen molar-refractivity contribution < 1.29 is 23.9 Å². The van der Waals surface area contributed by atoms with Crippen LogP contribution in [0.4, 0.5) is 23.0 Å². The van der Waals surface area contributed by atoms with Crippen molar-refractivity contribution in [2.75, 3.05) is 24.5 Å². The van der Waals surface area contributed by atoms with Gasteiger partial charge in [-0.05, 0) is 29.8 Å². The van der Waals surface area contributed by atoms with Gasteiger partial charge in [-0.1, -0.05) is 18.2 Å². The van der Waals surface area contributed by atoms with Crippen LogP contribution in [0.5, 0.6) is 11.5 Å². The van der Waals surface area contributed by atoms with E-state index in [2.05, 4.69) is 20.6 Å². The fourth-order valence-electron chi connectivity index (χ4n) is 3.02. The zero-order valence-electron chi connectivity index (χ0n) is 16.3. The number of nitrogens with one attached hydrogen (secondary N) is 2. The first-order valence-electron chi connectivity index (χ1n) is 9.13. The van der Waals surface area contributed by atoms with Crippen molar-refractivity contribution in [3.05, 3.63) is 70.0 Å². The molecule has 31 heavy (non-hydrogen) atoms. The molecule has 0 spiro atoms. The molecule has 1 aliphatic heterocycles. The van der Waals surface area contributed by atoms with Gasteiger partial charge in [-0.15, -0.1) is 0 Å². The van der Waals surface area contributed by atoms with Gasteiger partial charge in [0.25, 0.3) is 0 Å². The maximum atomic E-state index is 12.0. The molecule has 0 bridgehead atoms. The maximum absolute atomic E-state index is 12.0. The van der Waals surface area contributed by atoms with Crippen molar-refractivity contribution in [1.29, 1.82) is 0 Å². The lowest BCUT2D eigenvalue weighted by Gasteiger charge is -2.12. The normalized spacial score (nSPS) is 11.6. The Labute approximate surface area is 176 Å². The second kappa shape index (κ2) is 8.53. The Kier molecular flexibility index (Phi) is 5.47. The summed E-state index contributed by atoms with van der Waals surface area (Å²) in [5, 5.41) is 17.6. The van der Waals surface area contributed by atoms with Crippen LogP contribution >= 0.6 is 0 Å². The van der Waals surface area contributed by atoms with E-state index in [9.17, 15) is 14.9 Å². The highest BCUT2D eigenvalue weighted by Gasteiger charge is 2.24. The van der Waals surface area contributed by atoms with Crippen LogP contribution in [0.2, 0.25) is 0 Å². The van der Waals surface area contributed by atoms with Gasteiger partial charge >= 0.3 is 11.7 Å². The van der Waals surface area contributed by atoms with Crippen LogP contribution in [0.15, 0.2) is 48.8 Å². The van der Waals surface area contributed by atoms with Crippen LogP contribution in [0, 0.1) is 10.1 Å². The van der Waals surface area contributed by atoms with Gasteiger partial charge in [-0.2, -0.15) is 0 Å². The Morgan fingerprint density at radius 2 is 1.94 bits per heavy atom. The molecule has 11 nitrogen and oxygen atoms in total. The fourth-order valence-corrected chi connectivity index (χ4v) is 3.02. The van der Waals surface area contributed by atoms with Gasteiger partial charge in [0.15, 0.2) is 11.5 Å². The van der Waals surface area contributed by atoms with E-state index >= 15 is 0 Å². The van der Waals surface area contributed by atoms with Crippen LogP contribution in [0.3, 0.4) is 0 Å². The number of esters is 1. The first-order chi connectivity index (χ1) is 15.1. The molecule has 0 unspecified atom stereocenters. The van der Waals surface area contributed by atoms with Gasteiger partial charge in [0.05, 0.1) is 23.3 Å². The van der Waals surface area contributed by atoms with Crippen LogP contribution in [0.25, 0.3) is 0 Å². The zero-order chi connectivity index (χ0) is 21.8. The summed E-state index contributed by atoms with van der Waals surface area (Å²) in [4.78, 5) is 31.2. The maximum Gasteiger partial charge on any atom is 0.353 e. The van der Waals surface area contributed by atoms with E-state index < -0.39 is 10.9 Å². The van der Waals surface area contributed by atoms with Crippen LogP contribution in [0.1, 0.15) is 15.9 Å². The first kappa shape index (κ1) is 19.9. The molecule has 2 heterocycles. The topological polar surface area (TPSA) is 138 Å². The number of rotatable bonds is 7. The summed E-state index contributed by atoms with van der Waals surface area (Å²) in [6.45, 7) is 0.415. The molecule has 1 aliphatic rings. The molecule has 0 fully saturated rings. The molecule has 0 atom stereocenters. The second-order valence-corrected chi connectivity index (χ2v) is 6.38. The van der Waals surface area contributed by atoms with Crippen molar-refractivity contribution in [2.45, 2.75) is 6.54 Å². The van der Waals surface area contributed by atoms with E-state index in [0.29, 0.717) is 17.2 Å². The highest BCUT2D eigenvalue weighted by molar-refractivity contribution is 5.96. The Morgan fingerprint density at radius 1 is 1.16 bits per heavy atom. The summed E-state index contributed by atoms with van der Waals surface area (Å²) < 4.78 is 15.4. The number of carbonyl (C=O) groups excluding carboxylic acids is 1. The number of ether oxygens (including phenoxy) is 3. The number of para-hydroxylation sites is 1. The molecule has 0 saturated heterocycles. The van der Waals surface area contributed by atoms with Gasteiger partial charge in [-0.25, -0.2) is 14.8 Å². The van der Waals surface area contributed by atoms with Crippen LogP contribution < -0.4 is 20.1 Å². The predicted molar refractivity (Wildman–Crippen MR) is 110 cm³/mol. The molecule has 4 rings (SSSR count). The number of carbonyl (C=O) groups is 1. The smallest absolute Gasteiger partial charge is 0.353 e. The molecule has 1 aromatic heterocycles. The minimum atomic E-state index is -0.592. The third-order valence-corrected chi connectivity index (χ3v) is 4.49. The number of aromatic nitrogens is 2. The van der Waals surface area contributed by atoms with E-state index in [1.807, 2.05) is 6.07 Å². The number of nitrogens with zero attached hydrogens (tertiary/aromatic N) is 3. The Morgan fingerprint density at radius 3 is 2.74 bits per heavy atom. The van der Waals surface area contributed by atoms with E-state index in [4.69, 9.17) is 14.2 Å². The molecule has 2 aromatic carbocycles. The third kappa shape index (κ3) is 4.15. The average Bonchev–Trinajstić information content (AvgIpc) is 3.25. The molecule has 0 amide bonds. The number of hydrogen-bond acceptors (Lipinski definition) is 10. The fraction of sp³-hybridized carbons (Fsp3) is 0.150. The van der Waals surface area contributed by atoms with Gasteiger partial charge in [0.1, 0.15) is 6.33 Å². The molecular weight excluding hydrogens is 406 g/mol. The lowest BCUT2D eigenvalue weighted by atomic mass is 10.1. The van der Waals surface area contributed by atoms with Gasteiger partial charge in [0.2, 0.25) is 18.4 Å². The standard InChI is InChI=1S/C20H17N5O6/c1-29-20(26)13-4-2-3-5-14(13)24-19-17(25(27)28)18(22-10-23-19)21-9-12-6-7-15-16(8-12)31-11-30-15/h2-8,10H,9,11H2,1H3,(H2,21,22,23,24). The SMILES string of the molecule is COC(=O)c1ccccc1Nc1ncnc(NCc2ccc3c(c2)OCO3)c1[N+](=O)[O-]. The zero-order valence-corrected chi connectivity index (χ0v) is 16.3. The van der Waals surface area contributed by atoms with Crippen molar-refractivity contribution >= 4 is 29.0 Å². The quantitative estimate of drug-likeness (QED) is 0.331. The Balaban J connectivity index is 1.60. The third-order valence-electron chi connectivity index (χ3n) is 4.49. The highest BCUT2D eigenvalue weighted by Crippen LogP contribution is 2.34. The minimum Gasteiger partial charge on any atom is -0.465 e. The summed E-state index contributed by atoms with van der Waals surface area (Å²) in [6, 6.07) is 11.8. The lowest BCUT2D eigenvalue weighted by Crippen LogP contribution is -2.10. The molecule has 3 aromatic rings. The lowest BCUT2D eigenvalue weighted by molar-refractivity contribution is -0.383. The molecule has 0 radical (unpaired) electrons. The second-order valence-electron chi connectivity index (χ2n) is 6.38. The van der Waals surface area contributed by atoms with Crippen molar-refractivity contribution in [2.24, 2.45) is 0 Å². The number of benzene rings is 2. The summed E-state index contributed by atoms with van der Waals surface area (Å²) in [6.07, 6.45) is 1.19. The van der Waals surface area contributed by atoms with Gasteiger partial charge in [0, 0.05) is 6.54 Å². The molecule has 2 N–H and O–H groups in total. The van der Waals surface area contributed by atoms with Crippen molar-refractivity contribution in [3.8, 4) is 11.5 Å². The molecular formula is C20H17N5O6. The van der Waals surface area contributed by atoms with Crippen LogP contribution in [-0.4, -0.2) is 34.8 Å². The molecule has 11 heteroatoms. The molecule has 0 saturated carbocycles. The first-order valence-corrected chi connectivity index (χ1v) is 9.13. The average molecular weight is 423 g/mol. The van der Waals surface area contributed by atoms with E-state index in [-0.39, 0.29) is 36.2 Å². The summed E-state index contributed by atoms with van der Waals surface area (Å²) in [5.41, 5.74) is 0.997. The molecule has 158 valence electrons. The monoisotopic (exact) mass is 423 g/mol. The van der Waals surface area contributed by atoms with Crippen molar-refractivity contribution in [1.82, 2.24) is 9.97 Å².